The molecule has 0 saturated carbocycles. The van der Waals surface area contributed by atoms with Gasteiger partial charge in [0.2, 0.25) is 5.91 Å². The van der Waals surface area contributed by atoms with Crippen LogP contribution in [-0.2, 0) is 4.79 Å². The van der Waals surface area contributed by atoms with E-state index in [1.54, 1.807) is 0 Å². The standard InChI is InChI=1S/C15H23N3O/c1-11-6-5-7-12(8-11)18-13(9-16-4)14(19)17-10-15(18,2)3/h5-8,13,16H,9-10H2,1-4H3,(H,17,19). The van der Waals surface area contributed by atoms with Gasteiger partial charge in [0.15, 0.2) is 0 Å². The van der Waals surface area contributed by atoms with Crippen molar-refractivity contribution in [3.05, 3.63) is 29.8 Å². The van der Waals surface area contributed by atoms with Gasteiger partial charge in [-0.2, -0.15) is 0 Å². The van der Waals surface area contributed by atoms with Crippen molar-refractivity contribution in [2.45, 2.75) is 32.4 Å². The maximum Gasteiger partial charge on any atom is 0.244 e. The fourth-order valence-electron chi connectivity index (χ4n) is 2.73. The van der Waals surface area contributed by atoms with E-state index in [-0.39, 0.29) is 17.5 Å². The molecule has 19 heavy (non-hydrogen) atoms. The van der Waals surface area contributed by atoms with Gasteiger partial charge in [-0.25, -0.2) is 0 Å². The minimum absolute atomic E-state index is 0.0928. The fourth-order valence-corrected chi connectivity index (χ4v) is 2.73. The first-order chi connectivity index (χ1) is 8.95. The summed E-state index contributed by atoms with van der Waals surface area (Å²) in [6.07, 6.45) is 0. The van der Waals surface area contributed by atoms with Crippen LogP contribution in [0.4, 0.5) is 5.69 Å². The van der Waals surface area contributed by atoms with Gasteiger partial charge in [0.1, 0.15) is 6.04 Å². The summed E-state index contributed by atoms with van der Waals surface area (Å²) in [6, 6.07) is 8.17. The molecular weight excluding hydrogens is 238 g/mol. The monoisotopic (exact) mass is 261 g/mol. The largest absolute Gasteiger partial charge is 0.352 e. The summed E-state index contributed by atoms with van der Waals surface area (Å²) in [7, 11) is 1.88. The first-order valence-electron chi connectivity index (χ1n) is 6.74. The van der Waals surface area contributed by atoms with E-state index in [0.717, 1.165) is 5.69 Å². The lowest BCUT2D eigenvalue weighted by atomic mass is 9.94. The van der Waals surface area contributed by atoms with Crippen molar-refractivity contribution < 1.29 is 4.79 Å². The van der Waals surface area contributed by atoms with Gasteiger partial charge >= 0.3 is 0 Å². The Balaban J connectivity index is 2.42. The molecule has 1 aliphatic rings. The van der Waals surface area contributed by atoms with Gasteiger partial charge in [-0.05, 0) is 45.5 Å². The lowest BCUT2D eigenvalue weighted by Gasteiger charge is -2.48. The van der Waals surface area contributed by atoms with Crippen molar-refractivity contribution >= 4 is 11.6 Å². The summed E-state index contributed by atoms with van der Waals surface area (Å²) < 4.78 is 0. The number of nitrogens with zero attached hydrogens (tertiary/aromatic N) is 1. The number of hydrogen-bond donors (Lipinski definition) is 2. The smallest absolute Gasteiger partial charge is 0.244 e. The SMILES string of the molecule is CNCC1C(=O)NCC(C)(C)N1c1cccc(C)c1. The number of benzene rings is 1. The Bertz CT molecular complexity index is 470. The zero-order valence-corrected chi connectivity index (χ0v) is 12.2. The van der Waals surface area contributed by atoms with Crippen LogP contribution in [0, 0.1) is 6.92 Å². The fraction of sp³-hybridized carbons (Fsp3) is 0.533. The molecule has 1 aromatic carbocycles. The minimum Gasteiger partial charge on any atom is -0.352 e. The van der Waals surface area contributed by atoms with E-state index in [0.29, 0.717) is 13.1 Å². The highest BCUT2D eigenvalue weighted by atomic mass is 16.2. The maximum absolute atomic E-state index is 12.1. The summed E-state index contributed by atoms with van der Waals surface area (Å²) in [5.41, 5.74) is 2.23. The molecule has 0 radical (unpaired) electrons. The predicted octanol–water partition coefficient (Wildman–Crippen LogP) is 1.30. The summed E-state index contributed by atoms with van der Waals surface area (Å²) >= 11 is 0. The molecule has 1 aromatic rings. The number of anilines is 1. The van der Waals surface area contributed by atoms with Crippen LogP contribution in [-0.4, -0.2) is 37.6 Å². The average Bonchev–Trinajstić information content (AvgIpc) is 2.34. The second kappa shape index (κ2) is 5.21. The topological polar surface area (TPSA) is 44.4 Å². The highest BCUT2D eigenvalue weighted by Gasteiger charge is 2.40. The molecule has 2 rings (SSSR count). The van der Waals surface area contributed by atoms with Crippen molar-refractivity contribution in [3.63, 3.8) is 0 Å². The van der Waals surface area contributed by atoms with E-state index in [9.17, 15) is 4.79 Å². The van der Waals surface area contributed by atoms with Crippen LogP contribution in [0.1, 0.15) is 19.4 Å². The molecule has 0 aromatic heterocycles. The maximum atomic E-state index is 12.1. The van der Waals surface area contributed by atoms with E-state index in [2.05, 4.69) is 54.5 Å². The molecule has 1 atom stereocenters. The second-order valence-corrected chi connectivity index (χ2v) is 5.81. The number of piperazine rings is 1. The highest BCUT2D eigenvalue weighted by molar-refractivity contribution is 5.87. The van der Waals surface area contributed by atoms with E-state index in [1.807, 2.05) is 13.1 Å². The third kappa shape index (κ3) is 2.73. The quantitative estimate of drug-likeness (QED) is 0.862. The van der Waals surface area contributed by atoms with Crippen LogP contribution in [0.25, 0.3) is 0 Å². The highest BCUT2D eigenvalue weighted by Crippen LogP contribution is 2.29. The predicted molar refractivity (Wildman–Crippen MR) is 78.5 cm³/mol. The first-order valence-corrected chi connectivity index (χ1v) is 6.74. The van der Waals surface area contributed by atoms with Crippen molar-refractivity contribution in [2.24, 2.45) is 0 Å². The van der Waals surface area contributed by atoms with Crippen LogP contribution >= 0.6 is 0 Å². The van der Waals surface area contributed by atoms with E-state index in [4.69, 9.17) is 0 Å². The van der Waals surface area contributed by atoms with Crippen LogP contribution < -0.4 is 15.5 Å². The van der Waals surface area contributed by atoms with Gasteiger partial charge in [-0.3, -0.25) is 4.79 Å². The summed E-state index contributed by atoms with van der Waals surface area (Å²) in [6.45, 7) is 7.71. The number of carbonyl (C=O) groups is 1. The molecule has 1 heterocycles. The van der Waals surface area contributed by atoms with Crippen LogP contribution in [0.2, 0.25) is 0 Å². The molecule has 2 N–H and O–H groups in total. The van der Waals surface area contributed by atoms with Gasteiger partial charge in [0, 0.05) is 18.8 Å². The average molecular weight is 261 g/mol. The Morgan fingerprint density at radius 2 is 2.21 bits per heavy atom. The number of carbonyl (C=O) groups excluding carboxylic acids is 1. The number of hydrogen-bond acceptors (Lipinski definition) is 3. The van der Waals surface area contributed by atoms with E-state index in [1.165, 1.54) is 5.56 Å². The van der Waals surface area contributed by atoms with Crippen molar-refractivity contribution in [2.75, 3.05) is 25.0 Å². The number of nitrogens with one attached hydrogen (secondary N) is 2. The lowest BCUT2D eigenvalue weighted by molar-refractivity contribution is -0.124. The molecule has 1 amide bonds. The molecule has 1 aliphatic heterocycles. The molecular formula is C15H23N3O. The van der Waals surface area contributed by atoms with Crippen LogP contribution in [0.15, 0.2) is 24.3 Å². The summed E-state index contributed by atoms with van der Waals surface area (Å²) in [4.78, 5) is 14.4. The summed E-state index contributed by atoms with van der Waals surface area (Å²) in [5.74, 6) is 0.0928. The molecule has 4 heteroatoms. The van der Waals surface area contributed by atoms with Crippen molar-refractivity contribution in [1.29, 1.82) is 0 Å². The molecule has 1 unspecified atom stereocenters. The molecule has 0 spiro atoms. The van der Waals surface area contributed by atoms with Crippen LogP contribution in [0.5, 0.6) is 0 Å². The molecule has 0 bridgehead atoms. The molecule has 1 fully saturated rings. The number of aryl methyl sites for hydroxylation is 1. The van der Waals surface area contributed by atoms with Gasteiger partial charge in [0.05, 0.1) is 5.54 Å². The number of amides is 1. The first kappa shape index (κ1) is 13.9. The molecule has 0 aliphatic carbocycles. The number of rotatable bonds is 3. The third-order valence-corrected chi connectivity index (χ3v) is 3.64. The van der Waals surface area contributed by atoms with Crippen LogP contribution in [0.3, 0.4) is 0 Å². The zero-order chi connectivity index (χ0) is 14.0. The lowest BCUT2D eigenvalue weighted by Crippen LogP contribution is -2.68. The van der Waals surface area contributed by atoms with E-state index < -0.39 is 0 Å². The van der Waals surface area contributed by atoms with Crippen molar-refractivity contribution in [3.8, 4) is 0 Å². The zero-order valence-electron chi connectivity index (χ0n) is 12.2. The van der Waals surface area contributed by atoms with Gasteiger partial charge in [-0.1, -0.05) is 12.1 Å². The molecule has 104 valence electrons. The van der Waals surface area contributed by atoms with Crippen molar-refractivity contribution in [1.82, 2.24) is 10.6 Å². The van der Waals surface area contributed by atoms with Gasteiger partial charge in [0.25, 0.3) is 0 Å². The Morgan fingerprint density at radius 3 is 2.84 bits per heavy atom. The minimum atomic E-state index is -0.171. The normalized spacial score (nSPS) is 22.2. The molecule has 1 saturated heterocycles. The van der Waals surface area contributed by atoms with E-state index >= 15 is 0 Å². The number of likely N-dealkylation sites (N-methyl/N-ethyl adjacent to an activating group) is 1. The molecule has 4 nitrogen and oxygen atoms in total. The summed E-state index contributed by atoms with van der Waals surface area (Å²) in [5, 5.41) is 6.12. The second-order valence-electron chi connectivity index (χ2n) is 5.81. The van der Waals surface area contributed by atoms with Gasteiger partial charge < -0.3 is 15.5 Å². The third-order valence-electron chi connectivity index (χ3n) is 3.64. The van der Waals surface area contributed by atoms with Gasteiger partial charge in [-0.15, -0.1) is 0 Å². The Kier molecular flexibility index (Phi) is 3.80. The Morgan fingerprint density at radius 1 is 1.47 bits per heavy atom. The Labute approximate surface area is 115 Å². The Hall–Kier alpha value is -1.55.